The van der Waals surface area contributed by atoms with E-state index in [0.717, 1.165) is 37.1 Å². The average molecular weight is 277 g/mol. The van der Waals surface area contributed by atoms with Crippen LogP contribution in [0.3, 0.4) is 0 Å². The van der Waals surface area contributed by atoms with Gasteiger partial charge in [0.25, 0.3) is 0 Å². The van der Waals surface area contributed by atoms with Crippen LogP contribution in [0.4, 0.5) is 11.8 Å². The molecule has 0 aliphatic carbocycles. The fourth-order valence-corrected chi connectivity index (χ4v) is 2.68. The number of H-pyrrole nitrogens is 1. The van der Waals surface area contributed by atoms with Gasteiger partial charge in [-0.2, -0.15) is 15.1 Å². The number of aromatic nitrogens is 4. The summed E-state index contributed by atoms with van der Waals surface area (Å²) in [5, 5.41) is 7.78. The largest absolute Gasteiger partial charge is 0.377 e. The first-order chi connectivity index (χ1) is 9.65. The van der Waals surface area contributed by atoms with Crippen molar-refractivity contribution in [1.29, 1.82) is 0 Å². The molecule has 0 radical (unpaired) electrons. The Labute approximate surface area is 116 Å². The normalized spacial score (nSPS) is 23.2. The van der Waals surface area contributed by atoms with E-state index in [0.29, 0.717) is 11.6 Å². The highest BCUT2D eigenvalue weighted by Gasteiger charge is 2.32. The second-order valence-electron chi connectivity index (χ2n) is 5.33. The molecule has 1 aliphatic rings. The molecule has 1 atom stereocenters. The Morgan fingerprint density at radius 3 is 3.10 bits per heavy atom. The molecule has 1 aliphatic heterocycles. The van der Waals surface area contributed by atoms with Crippen LogP contribution in [0.25, 0.3) is 11.0 Å². The zero-order valence-corrected chi connectivity index (χ0v) is 11.7. The molecule has 1 unspecified atom stereocenters. The van der Waals surface area contributed by atoms with Crippen molar-refractivity contribution < 1.29 is 4.74 Å². The minimum atomic E-state index is -0.157. The number of nitrogens with one attached hydrogen (secondary N) is 2. The number of anilines is 2. The highest BCUT2D eigenvalue weighted by Crippen LogP contribution is 2.30. The minimum Gasteiger partial charge on any atom is -0.377 e. The number of rotatable bonds is 3. The van der Waals surface area contributed by atoms with Crippen LogP contribution in [-0.2, 0) is 4.74 Å². The molecule has 8 nitrogen and oxygen atoms in total. The molecule has 0 bridgehead atoms. The smallest absolute Gasteiger partial charge is 0.241 e. The summed E-state index contributed by atoms with van der Waals surface area (Å²) in [6, 6.07) is 0. The molecular weight excluding hydrogens is 258 g/mol. The maximum Gasteiger partial charge on any atom is 0.241 e. The number of methoxy groups -OCH3 is 1. The summed E-state index contributed by atoms with van der Waals surface area (Å²) in [7, 11) is 1.75. The fraction of sp³-hybridized carbons (Fsp3) is 0.583. The average Bonchev–Trinajstić information content (AvgIpc) is 2.94. The number of aromatic amines is 1. The lowest BCUT2D eigenvalue weighted by atomic mass is 9.94. The van der Waals surface area contributed by atoms with Crippen molar-refractivity contribution in [1.82, 2.24) is 20.2 Å². The molecule has 3 heterocycles. The Kier molecular flexibility index (Phi) is 3.19. The lowest BCUT2D eigenvalue weighted by molar-refractivity contribution is -0.00475. The summed E-state index contributed by atoms with van der Waals surface area (Å²) < 4.78 is 5.63. The predicted molar refractivity (Wildman–Crippen MR) is 76.4 cm³/mol. The second kappa shape index (κ2) is 4.88. The third-order valence-corrected chi connectivity index (χ3v) is 3.87. The van der Waals surface area contributed by atoms with Crippen molar-refractivity contribution in [3.63, 3.8) is 0 Å². The van der Waals surface area contributed by atoms with E-state index in [2.05, 4.69) is 37.4 Å². The van der Waals surface area contributed by atoms with Crippen LogP contribution < -0.4 is 16.2 Å². The van der Waals surface area contributed by atoms with E-state index in [1.54, 1.807) is 13.3 Å². The van der Waals surface area contributed by atoms with Crippen molar-refractivity contribution in [2.24, 2.45) is 5.84 Å². The van der Waals surface area contributed by atoms with Crippen LogP contribution >= 0.6 is 0 Å². The molecule has 2 aromatic heterocycles. The third kappa shape index (κ3) is 2.16. The number of nitrogens with two attached hydrogens (primary N) is 1. The fourth-order valence-electron chi connectivity index (χ4n) is 2.68. The van der Waals surface area contributed by atoms with Gasteiger partial charge in [-0.1, -0.05) is 0 Å². The van der Waals surface area contributed by atoms with Gasteiger partial charge in [0.15, 0.2) is 5.65 Å². The first-order valence-corrected chi connectivity index (χ1v) is 6.63. The standard InChI is InChI=1S/C12H19N7O/c1-12(20-2)4-3-5-19(7-12)10-8-6-14-18-9(8)15-11(16-10)17-13/h6H,3-5,7,13H2,1-2H3,(H2,14,15,16,17,18). The van der Waals surface area contributed by atoms with Gasteiger partial charge in [-0.25, -0.2) is 5.84 Å². The van der Waals surface area contributed by atoms with E-state index in [4.69, 9.17) is 10.6 Å². The number of hydrogen-bond acceptors (Lipinski definition) is 7. The summed E-state index contributed by atoms with van der Waals surface area (Å²) in [6.45, 7) is 3.83. The first-order valence-electron chi connectivity index (χ1n) is 6.63. The molecule has 1 saturated heterocycles. The van der Waals surface area contributed by atoms with Crippen molar-refractivity contribution >= 4 is 22.8 Å². The number of fused-ring (bicyclic) bond motifs is 1. The van der Waals surface area contributed by atoms with Gasteiger partial charge in [0.1, 0.15) is 5.82 Å². The molecule has 108 valence electrons. The van der Waals surface area contributed by atoms with Gasteiger partial charge in [-0.3, -0.25) is 10.5 Å². The quantitative estimate of drug-likeness (QED) is 0.558. The Balaban J connectivity index is 2.02. The van der Waals surface area contributed by atoms with E-state index in [-0.39, 0.29) is 5.60 Å². The summed E-state index contributed by atoms with van der Waals surface area (Å²) in [5.41, 5.74) is 3.01. The summed E-state index contributed by atoms with van der Waals surface area (Å²) >= 11 is 0. The molecule has 2 aromatic rings. The first kappa shape index (κ1) is 13.1. The van der Waals surface area contributed by atoms with Crippen LogP contribution in [0.2, 0.25) is 0 Å². The van der Waals surface area contributed by atoms with Crippen molar-refractivity contribution in [2.45, 2.75) is 25.4 Å². The number of nitrogens with zero attached hydrogens (tertiary/aromatic N) is 4. The number of nitrogen functional groups attached to an aromatic ring is 1. The number of hydrazine groups is 1. The van der Waals surface area contributed by atoms with Crippen LogP contribution in [0.5, 0.6) is 0 Å². The highest BCUT2D eigenvalue weighted by molar-refractivity contribution is 5.87. The molecule has 0 aromatic carbocycles. The number of hydrogen-bond donors (Lipinski definition) is 3. The van der Waals surface area contributed by atoms with E-state index in [1.807, 2.05) is 0 Å². The van der Waals surface area contributed by atoms with Crippen LogP contribution in [0.1, 0.15) is 19.8 Å². The SMILES string of the molecule is COC1(C)CCCN(c2nc(NN)nc3[nH]ncc23)C1. The van der Waals surface area contributed by atoms with Gasteiger partial charge in [-0.15, -0.1) is 0 Å². The molecule has 0 saturated carbocycles. The van der Waals surface area contributed by atoms with Crippen LogP contribution in [0.15, 0.2) is 6.20 Å². The van der Waals surface area contributed by atoms with Crippen molar-refractivity contribution in [3.05, 3.63) is 6.20 Å². The summed E-state index contributed by atoms with van der Waals surface area (Å²) in [5.74, 6) is 6.64. The number of ether oxygens (including phenoxy) is 1. The molecule has 20 heavy (non-hydrogen) atoms. The molecule has 1 fully saturated rings. The van der Waals surface area contributed by atoms with Gasteiger partial charge in [-0.05, 0) is 19.8 Å². The summed E-state index contributed by atoms with van der Waals surface area (Å²) in [4.78, 5) is 10.9. The van der Waals surface area contributed by atoms with Gasteiger partial charge < -0.3 is 9.64 Å². The Hall–Kier alpha value is -1.93. The highest BCUT2D eigenvalue weighted by atomic mass is 16.5. The lowest BCUT2D eigenvalue weighted by Gasteiger charge is -2.40. The maximum atomic E-state index is 5.63. The Morgan fingerprint density at radius 1 is 1.50 bits per heavy atom. The monoisotopic (exact) mass is 277 g/mol. The zero-order chi connectivity index (χ0) is 14.2. The van der Waals surface area contributed by atoms with E-state index in [9.17, 15) is 0 Å². The molecule has 4 N–H and O–H groups in total. The number of piperidine rings is 1. The lowest BCUT2D eigenvalue weighted by Crippen LogP contribution is -2.47. The van der Waals surface area contributed by atoms with Crippen molar-refractivity contribution in [3.8, 4) is 0 Å². The maximum absolute atomic E-state index is 5.63. The Bertz CT molecular complexity index is 613. The molecule has 0 amide bonds. The van der Waals surface area contributed by atoms with Gasteiger partial charge in [0, 0.05) is 20.2 Å². The zero-order valence-electron chi connectivity index (χ0n) is 11.7. The second-order valence-corrected chi connectivity index (χ2v) is 5.33. The van der Waals surface area contributed by atoms with E-state index >= 15 is 0 Å². The van der Waals surface area contributed by atoms with E-state index in [1.165, 1.54) is 0 Å². The van der Waals surface area contributed by atoms with Crippen molar-refractivity contribution in [2.75, 3.05) is 30.5 Å². The predicted octanol–water partition coefficient (Wildman–Crippen LogP) is 0.644. The molecule has 8 heteroatoms. The van der Waals surface area contributed by atoms with Gasteiger partial charge in [0.05, 0.1) is 17.2 Å². The summed E-state index contributed by atoms with van der Waals surface area (Å²) in [6.07, 6.45) is 3.84. The molecule has 3 rings (SSSR count). The van der Waals surface area contributed by atoms with E-state index < -0.39 is 0 Å². The van der Waals surface area contributed by atoms with Crippen LogP contribution in [-0.4, -0.2) is 46.0 Å². The van der Waals surface area contributed by atoms with Gasteiger partial charge >= 0.3 is 0 Å². The molecular formula is C12H19N7O. The molecule has 0 spiro atoms. The minimum absolute atomic E-state index is 0.157. The third-order valence-electron chi connectivity index (χ3n) is 3.87. The van der Waals surface area contributed by atoms with Crippen LogP contribution in [0, 0.1) is 0 Å². The van der Waals surface area contributed by atoms with Gasteiger partial charge in [0.2, 0.25) is 5.95 Å². The Morgan fingerprint density at radius 2 is 2.35 bits per heavy atom. The topological polar surface area (TPSA) is 105 Å².